The third-order valence-corrected chi connectivity index (χ3v) is 4.33. The Morgan fingerprint density at radius 3 is 2.00 bits per heavy atom. The predicted molar refractivity (Wildman–Crippen MR) is 109 cm³/mol. The minimum absolute atomic E-state index is 0.0693. The zero-order valence-corrected chi connectivity index (χ0v) is 15.5. The lowest BCUT2D eigenvalue weighted by atomic mass is 10.1. The third kappa shape index (κ3) is 4.42. The summed E-state index contributed by atoms with van der Waals surface area (Å²) in [4.78, 5) is 26.8. The van der Waals surface area contributed by atoms with E-state index in [1.165, 1.54) is 0 Å². The van der Waals surface area contributed by atoms with E-state index in [9.17, 15) is 9.59 Å². The minimum atomic E-state index is -0.173. The molecule has 136 valence electrons. The van der Waals surface area contributed by atoms with E-state index in [-0.39, 0.29) is 11.8 Å². The quantitative estimate of drug-likeness (QED) is 0.704. The summed E-state index contributed by atoms with van der Waals surface area (Å²) in [6, 6.07) is 23.9. The molecule has 2 amide bonds. The van der Waals surface area contributed by atoms with Gasteiger partial charge in [0.2, 0.25) is 0 Å². The van der Waals surface area contributed by atoms with Crippen molar-refractivity contribution in [2.75, 3.05) is 16.8 Å². The van der Waals surface area contributed by atoms with E-state index in [1.54, 1.807) is 41.3 Å². The molecule has 0 aliphatic rings. The van der Waals surface area contributed by atoms with Crippen molar-refractivity contribution in [2.45, 2.75) is 13.8 Å². The van der Waals surface area contributed by atoms with Crippen LogP contribution in [0.3, 0.4) is 0 Å². The van der Waals surface area contributed by atoms with Gasteiger partial charge >= 0.3 is 0 Å². The van der Waals surface area contributed by atoms with Gasteiger partial charge in [0.1, 0.15) is 0 Å². The summed E-state index contributed by atoms with van der Waals surface area (Å²) >= 11 is 0. The van der Waals surface area contributed by atoms with E-state index in [4.69, 9.17) is 0 Å². The highest BCUT2D eigenvalue weighted by atomic mass is 16.2. The van der Waals surface area contributed by atoms with E-state index < -0.39 is 0 Å². The number of aryl methyl sites for hydroxylation is 1. The number of rotatable bonds is 5. The number of nitrogens with zero attached hydrogens (tertiary/aromatic N) is 1. The molecule has 4 heteroatoms. The third-order valence-electron chi connectivity index (χ3n) is 4.33. The van der Waals surface area contributed by atoms with Gasteiger partial charge in [-0.3, -0.25) is 9.59 Å². The topological polar surface area (TPSA) is 49.4 Å². The van der Waals surface area contributed by atoms with Crippen molar-refractivity contribution in [1.82, 2.24) is 0 Å². The summed E-state index contributed by atoms with van der Waals surface area (Å²) in [6.45, 7) is 4.50. The number of hydrogen-bond acceptors (Lipinski definition) is 2. The molecular weight excluding hydrogens is 336 g/mol. The minimum Gasteiger partial charge on any atom is -0.322 e. The smallest absolute Gasteiger partial charge is 0.258 e. The lowest BCUT2D eigenvalue weighted by Crippen LogP contribution is -2.30. The number of benzene rings is 3. The molecule has 0 spiro atoms. The Bertz CT molecular complexity index is 917. The maximum absolute atomic E-state index is 12.8. The molecule has 27 heavy (non-hydrogen) atoms. The second-order valence-corrected chi connectivity index (χ2v) is 6.28. The van der Waals surface area contributed by atoms with Crippen LogP contribution in [0.1, 0.15) is 33.2 Å². The number of carbonyl (C=O) groups is 2. The maximum atomic E-state index is 12.8. The molecule has 0 fully saturated rings. The van der Waals surface area contributed by atoms with E-state index in [2.05, 4.69) is 5.32 Å². The molecule has 3 aromatic rings. The standard InChI is InChI=1S/C23H22N2O2/c1-3-25(21-7-5-4-6-8-21)23(27)19-13-15-20(16-14-19)24-22(26)18-11-9-17(2)10-12-18/h4-16H,3H2,1-2H3,(H,24,26). The number of nitrogens with one attached hydrogen (secondary N) is 1. The summed E-state index contributed by atoms with van der Waals surface area (Å²) in [5.74, 6) is -0.242. The predicted octanol–water partition coefficient (Wildman–Crippen LogP) is 4.91. The normalized spacial score (nSPS) is 10.3. The van der Waals surface area contributed by atoms with E-state index in [0.29, 0.717) is 23.4 Å². The molecule has 0 heterocycles. The zero-order valence-electron chi connectivity index (χ0n) is 15.5. The van der Waals surface area contributed by atoms with Crippen molar-refractivity contribution < 1.29 is 9.59 Å². The highest BCUT2D eigenvalue weighted by molar-refractivity contribution is 6.07. The summed E-state index contributed by atoms with van der Waals surface area (Å²) in [6.07, 6.45) is 0. The Morgan fingerprint density at radius 1 is 0.815 bits per heavy atom. The van der Waals surface area contributed by atoms with Gasteiger partial charge in [-0.15, -0.1) is 0 Å². The molecule has 0 aliphatic heterocycles. The summed E-state index contributed by atoms with van der Waals surface area (Å²) in [5, 5.41) is 2.85. The van der Waals surface area contributed by atoms with Gasteiger partial charge < -0.3 is 10.2 Å². The van der Waals surface area contributed by atoms with E-state index in [0.717, 1.165) is 11.3 Å². The fourth-order valence-electron chi connectivity index (χ4n) is 2.81. The van der Waals surface area contributed by atoms with Crippen LogP contribution in [0.5, 0.6) is 0 Å². The van der Waals surface area contributed by atoms with Crippen LogP contribution in [-0.2, 0) is 0 Å². The fraction of sp³-hybridized carbons (Fsp3) is 0.130. The van der Waals surface area contributed by atoms with Crippen LogP contribution in [0, 0.1) is 6.92 Å². The van der Waals surface area contributed by atoms with Gasteiger partial charge in [0, 0.05) is 29.0 Å². The van der Waals surface area contributed by atoms with Gasteiger partial charge in [-0.05, 0) is 62.4 Å². The zero-order chi connectivity index (χ0) is 19.2. The number of amides is 2. The molecule has 0 aromatic heterocycles. The molecule has 0 saturated carbocycles. The molecule has 0 bridgehead atoms. The Kier molecular flexibility index (Phi) is 5.67. The van der Waals surface area contributed by atoms with Crippen LogP contribution >= 0.6 is 0 Å². The maximum Gasteiger partial charge on any atom is 0.258 e. The molecule has 3 rings (SSSR count). The first kappa shape index (κ1) is 18.4. The van der Waals surface area contributed by atoms with Crippen molar-refractivity contribution in [2.24, 2.45) is 0 Å². The van der Waals surface area contributed by atoms with Crippen LogP contribution in [0.4, 0.5) is 11.4 Å². The second-order valence-electron chi connectivity index (χ2n) is 6.28. The van der Waals surface area contributed by atoms with Gasteiger partial charge in [0.15, 0.2) is 0 Å². The molecule has 1 N–H and O–H groups in total. The number of carbonyl (C=O) groups excluding carboxylic acids is 2. The summed E-state index contributed by atoms with van der Waals surface area (Å²) in [7, 11) is 0. The van der Waals surface area contributed by atoms with Gasteiger partial charge in [-0.1, -0.05) is 35.9 Å². The lowest BCUT2D eigenvalue weighted by molar-refractivity contribution is 0.0987. The Balaban J connectivity index is 1.71. The molecule has 4 nitrogen and oxygen atoms in total. The highest BCUT2D eigenvalue weighted by Crippen LogP contribution is 2.18. The van der Waals surface area contributed by atoms with Crippen molar-refractivity contribution in [1.29, 1.82) is 0 Å². The average molecular weight is 358 g/mol. The monoisotopic (exact) mass is 358 g/mol. The molecule has 0 radical (unpaired) electrons. The highest BCUT2D eigenvalue weighted by Gasteiger charge is 2.16. The Labute approximate surface area is 159 Å². The van der Waals surface area contributed by atoms with Crippen LogP contribution in [0.15, 0.2) is 78.9 Å². The van der Waals surface area contributed by atoms with Gasteiger partial charge in [-0.25, -0.2) is 0 Å². The first-order valence-electron chi connectivity index (χ1n) is 8.93. The summed E-state index contributed by atoms with van der Waals surface area (Å²) < 4.78 is 0. The largest absolute Gasteiger partial charge is 0.322 e. The SMILES string of the molecule is CCN(C(=O)c1ccc(NC(=O)c2ccc(C)cc2)cc1)c1ccccc1. The fourth-order valence-corrected chi connectivity index (χ4v) is 2.81. The van der Waals surface area contributed by atoms with Gasteiger partial charge in [0.05, 0.1) is 0 Å². The number of hydrogen-bond donors (Lipinski definition) is 1. The van der Waals surface area contributed by atoms with Crippen molar-refractivity contribution in [3.05, 3.63) is 95.6 Å². The second kappa shape index (κ2) is 8.32. The van der Waals surface area contributed by atoms with Gasteiger partial charge in [-0.2, -0.15) is 0 Å². The summed E-state index contributed by atoms with van der Waals surface area (Å²) in [5.41, 5.74) is 3.80. The van der Waals surface area contributed by atoms with Crippen LogP contribution in [0.25, 0.3) is 0 Å². The molecule has 0 atom stereocenters. The number of anilines is 2. The molecule has 0 saturated heterocycles. The molecular formula is C23H22N2O2. The Morgan fingerprint density at radius 2 is 1.41 bits per heavy atom. The van der Waals surface area contributed by atoms with Crippen molar-refractivity contribution in [3.8, 4) is 0 Å². The van der Waals surface area contributed by atoms with Crippen molar-refractivity contribution >= 4 is 23.2 Å². The van der Waals surface area contributed by atoms with Gasteiger partial charge in [0.25, 0.3) is 11.8 Å². The van der Waals surface area contributed by atoms with E-state index >= 15 is 0 Å². The van der Waals surface area contributed by atoms with E-state index in [1.807, 2.05) is 56.3 Å². The first-order valence-corrected chi connectivity index (χ1v) is 8.93. The lowest BCUT2D eigenvalue weighted by Gasteiger charge is -2.21. The molecule has 0 aliphatic carbocycles. The van der Waals surface area contributed by atoms with Crippen LogP contribution in [-0.4, -0.2) is 18.4 Å². The van der Waals surface area contributed by atoms with Crippen LogP contribution < -0.4 is 10.2 Å². The first-order chi connectivity index (χ1) is 13.1. The average Bonchev–Trinajstić information content (AvgIpc) is 2.70. The van der Waals surface area contributed by atoms with Crippen molar-refractivity contribution in [3.63, 3.8) is 0 Å². The van der Waals surface area contributed by atoms with Crippen LogP contribution in [0.2, 0.25) is 0 Å². The molecule has 3 aromatic carbocycles. The molecule has 0 unspecified atom stereocenters. The Hall–Kier alpha value is -3.40. The number of para-hydroxylation sites is 1.